The van der Waals surface area contributed by atoms with Crippen molar-refractivity contribution in [3.8, 4) is 0 Å². The maximum Gasteiger partial charge on any atom is 0.0392 e. The molecule has 2 N–H and O–H groups in total. The van der Waals surface area contributed by atoms with Crippen molar-refractivity contribution in [2.45, 2.75) is 26.2 Å². The van der Waals surface area contributed by atoms with Crippen LogP contribution in [0.5, 0.6) is 0 Å². The van der Waals surface area contributed by atoms with Crippen LogP contribution in [0.15, 0.2) is 16.8 Å². The van der Waals surface area contributed by atoms with Gasteiger partial charge in [0, 0.05) is 12.3 Å². The number of aliphatic imine (C=N–C) groups is 1. The van der Waals surface area contributed by atoms with Gasteiger partial charge in [-0.15, -0.1) is 0 Å². The molecule has 0 saturated carbocycles. The number of hydrogen-bond donors (Lipinski definition) is 1. The minimum atomic E-state index is 0.987. The van der Waals surface area contributed by atoms with Gasteiger partial charge < -0.3 is 5.73 Å². The van der Waals surface area contributed by atoms with E-state index >= 15 is 0 Å². The second-order valence-corrected chi connectivity index (χ2v) is 2.64. The van der Waals surface area contributed by atoms with Crippen molar-refractivity contribution in [3.05, 3.63) is 11.8 Å². The van der Waals surface area contributed by atoms with Gasteiger partial charge in [0.05, 0.1) is 0 Å². The molecule has 1 aliphatic rings. The highest BCUT2D eigenvalue weighted by Gasteiger charge is 2.05. The van der Waals surface area contributed by atoms with Gasteiger partial charge in [-0.05, 0) is 38.0 Å². The van der Waals surface area contributed by atoms with E-state index in [1.165, 1.54) is 18.6 Å². The molecule has 2 heteroatoms. The summed E-state index contributed by atoms with van der Waals surface area (Å²) in [5, 5.41) is 0. The maximum atomic E-state index is 5.36. The third-order valence-corrected chi connectivity index (χ3v) is 1.83. The predicted octanol–water partition coefficient (Wildman–Crippen LogP) is 1.47. The van der Waals surface area contributed by atoms with E-state index in [9.17, 15) is 0 Å². The van der Waals surface area contributed by atoms with Crippen molar-refractivity contribution >= 4 is 5.71 Å². The Morgan fingerprint density at radius 1 is 1.60 bits per heavy atom. The van der Waals surface area contributed by atoms with Gasteiger partial charge in [0.25, 0.3) is 0 Å². The van der Waals surface area contributed by atoms with E-state index in [1.807, 2.05) is 6.92 Å². The van der Waals surface area contributed by atoms with E-state index < -0.39 is 0 Å². The summed E-state index contributed by atoms with van der Waals surface area (Å²) >= 11 is 0. The third kappa shape index (κ3) is 1.59. The lowest BCUT2D eigenvalue weighted by atomic mass is 10.0. The van der Waals surface area contributed by atoms with Crippen LogP contribution < -0.4 is 5.73 Å². The summed E-state index contributed by atoms with van der Waals surface area (Å²) < 4.78 is 0. The Hall–Kier alpha value is -0.790. The summed E-state index contributed by atoms with van der Waals surface area (Å²) in [5.74, 6) is 0. The minimum absolute atomic E-state index is 0.987. The molecule has 0 aromatic carbocycles. The molecule has 1 aliphatic heterocycles. The average molecular weight is 138 g/mol. The fraction of sp³-hybridized carbons (Fsp3) is 0.625. The van der Waals surface area contributed by atoms with Crippen LogP contribution in [0, 0.1) is 0 Å². The van der Waals surface area contributed by atoms with Crippen LogP contribution in [0.3, 0.4) is 0 Å². The van der Waals surface area contributed by atoms with E-state index in [2.05, 4.69) is 4.99 Å². The summed E-state index contributed by atoms with van der Waals surface area (Å²) in [7, 11) is 0. The smallest absolute Gasteiger partial charge is 0.0392 e. The molecule has 56 valence electrons. The molecule has 0 atom stereocenters. The molecule has 1 heterocycles. The van der Waals surface area contributed by atoms with Gasteiger partial charge in [-0.25, -0.2) is 0 Å². The second kappa shape index (κ2) is 3.40. The lowest BCUT2D eigenvalue weighted by Crippen LogP contribution is -2.08. The normalized spacial score (nSPS) is 20.5. The van der Waals surface area contributed by atoms with E-state index in [4.69, 9.17) is 5.73 Å². The van der Waals surface area contributed by atoms with Crippen LogP contribution >= 0.6 is 0 Å². The number of rotatable bonds is 1. The Morgan fingerprint density at radius 3 is 2.90 bits per heavy atom. The molecular weight excluding hydrogens is 124 g/mol. The molecule has 0 radical (unpaired) electrons. The molecule has 0 amide bonds. The van der Waals surface area contributed by atoms with Crippen molar-refractivity contribution in [3.63, 3.8) is 0 Å². The number of allylic oxidation sites excluding steroid dienone is 1. The van der Waals surface area contributed by atoms with E-state index in [-0.39, 0.29) is 0 Å². The highest BCUT2D eigenvalue weighted by molar-refractivity contribution is 5.99. The van der Waals surface area contributed by atoms with Crippen LogP contribution in [0.2, 0.25) is 0 Å². The topological polar surface area (TPSA) is 38.4 Å². The van der Waals surface area contributed by atoms with Crippen molar-refractivity contribution in [2.75, 3.05) is 6.54 Å². The fourth-order valence-electron chi connectivity index (χ4n) is 1.12. The number of hydrogen-bond acceptors (Lipinski definition) is 2. The van der Waals surface area contributed by atoms with Crippen molar-refractivity contribution in [2.24, 2.45) is 10.7 Å². The lowest BCUT2D eigenvalue weighted by molar-refractivity contribution is 0.737. The van der Waals surface area contributed by atoms with Gasteiger partial charge in [0.15, 0.2) is 0 Å². The Labute approximate surface area is 61.8 Å². The van der Waals surface area contributed by atoms with Crippen LogP contribution in [-0.2, 0) is 0 Å². The Bertz CT molecular complexity index is 168. The molecule has 0 aromatic rings. The monoisotopic (exact) mass is 138 g/mol. The van der Waals surface area contributed by atoms with Crippen LogP contribution in [0.25, 0.3) is 0 Å². The Morgan fingerprint density at radius 2 is 2.40 bits per heavy atom. The lowest BCUT2D eigenvalue weighted by Gasteiger charge is -2.10. The van der Waals surface area contributed by atoms with Crippen LogP contribution in [0.1, 0.15) is 26.2 Å². The largest absolute Gasteiger partial charge is 0.404 e. The summed E-state index contributed by atoms with van der Waals surface area (Å²) in [5.41, 5.74) is 7.70. The SMILES string of the molecule is C/C(=C/N)C1=NCCCC1. The molecule has 0 saturated heterocycles. The summed E-state index contributed by atoms with van der Waals surface area (Å²) in [4.78, 5) is 4.37. The number of nitrogens with zero attached hydrogens (tertiary/aromatic N) is 1. The maximum absolute atomic E-state index is 5.36. The highest BCUT2D eigenvalue weighted by atomic mass is 14.7. The summed E-state index contributed by atoms with van der Waals surface area (Å²) in [6.07, 6.45) is 5.26. The summed E-state index contributed by atoms with van der Waals surface area (Å²) in [6.45, 7) is 3.00. The molecule has 0 spiro atoms. The zero-order chi connectivity index (χ0) is 7.40. The van der Waals surface area contributed by atoms with Crippen LogP contribution in [-0.4, -0.2) is 12.3 Å². The molecule has 0 bridgehead atoms. The molecule has 0 fully saturated rings. The molecule has 1 rings (SSSR count). The van der Waals surface area contributed by atoms with E-state index in [0.717, 1.165) is 18.5 Å². The third-order valence-electron chi connectivity index (χ3n) is 1.83. The minimum Gasteiger partial charge on any atom is -0.404 e. The van der Waals surface area contributed by atoms with Crippen molar-refractivity contribution in [1.82, 2.24) is 0 Å². The first-order valence-electron chi connectivity index (χ1n) is 3.77. The van der Waals surface area contributed by atoms with Gasteiger partial charge in [0.2, 0.25) is 0 Å². The zero-order valence-corrected chi connectivity index (χ0v) is 6.43. The van der Waals surface area contributed by atoms with Crippen LogP contribution in [0.4, 0.5) is 0 Å². The quantitative estimate of drug-likeness (QED) is 0.585. The standard InChI is InChI=1S/C8H14N2/c1-7(6-9)8-4-2-3-5-10-8/h6H,2-5,9H2,1H3/b7-6-. The first-order chi connectivity index (χ1) is 4.84. The summed E-state index contributed by atoms with van der Waals surface area (Å²) in [6, 6.07) is 0. The van der Waals surface area contributed by atoms with Crippen molar-refractivity contribution in [1.29, 1.82) is 0 Å². The number of nitrogens with two attached hydrogens (primary N) is 1. The van der Waals surface area contributed by atoms with E-state index in [1.54, 1.807) is 6.20 Å². The van der Waals surface area contributed by atoms with Gasteiger partial charge in [-0.2, -0.15) is 0 Å². The Balaban J connectivity index is 2.62. The zero-order valence-electron chi connectivity index (χ0n) is 6.43. The second-order valence-electron chi connectivity index (χ2n) is 2.64. The predicted molar refractivity (Wildman–Crippen MR) is 44.1 cm³/mol. The van der Waals surface area contributed by atoms with Gasteiger partial charge in [0.1, 0.15) is 0 Å². The average Bonchev–Trinajstić information content (AvgIpc) is 2.05. The molecule has 2 nitrogen and oxygen atoms in total. The molecule has 0 aromatic heterocycles. The van der Waals surface area contributed by atoms with E-state index in [0.29, 0.717) is 0 Å². The molecule has 0 aliphatic carbocycles. The molecular formula is C8H14N2. The van der Waals surface area contributed by atoms with Gasteiger partial charge in [-0.1, -0.05) is 0 Å². The fourth-order valence-corrected chi connectivity index (χ4v) is 1.12. The first kappa shape index (κ1) is 7.32. The van der Waals surface area contributed by atoms with Crippen molar-refractivity contribution < 1.29 is 0 Å². The molecule has 0 unspecified atom stereocenters. The first-order valence-corrected chi connectivity index (χ1v) is 3.77. The Kier molecular flexibility index (Phi) is 2.49. The van der Waals surface area contributed by atoms with Gasteiger partial charge in [-0.3, -0.25) is 4.99 Å². The highest BCUT2D eigenvalue weighted by Crippen LogP contribution is 2.10. The van der Waals surface area contributed by atoms with Gasteiger partial charge >= 0.3 is 0 Å². The molecule has 10 heavy (non-hydrogen) atoms.